The Bertz CT molecular complexity index is 431. The SMILES string of the molecule is CCC1CCCCC1Oc1ccc([C@@H](C)N)cc1OC. The molecule has 0 amide bonds. The molecule has 0 radical (unpaired) electrons. The summed E-state index contributed by atoms with van der Waals surface area (Å²) in [7, 11) is 1.69. The lowest BCUT2D eigenvalue weighted by Gasteiger charge is -2.31. The molecule has 1 aromatic carbocycles. The first-order chi connectivity index (χ1) is 9.65. The van der Waals surface area contributed by atoms with Gasteiger partial charge in [-0.1, -0.05) is 19.4 Å². The van der Waals surface area contributed by atoms with Crippen LogP contribution >= 0.6 is 0 Å². The molecule has 3 atom stereocenters. The number of hydrogen-bond acceptors (Lipinski definition) is 3. The van der Waals surface area contributed by atoms with Crippen LogP contribution in [0.25, 0.3) is 0 Å². The number of rotatable bonds is 5. The molecule has 0 bridgehead atoms. The van der Waals surface area contributed by atoms with Gasteiger partial charge >= 0.3 is 0 Å². The molecule has 2 rings (SSSR count). The Labute approximate surface area is 122 Å². The molecule has 0 heterocycles. The Morgan fingerprint density at radius 1 is 1.25 bits per heavy atom. The van der Waals surface area contributed by atoms with Crippen LogP contribution in [0.1, 0.15) is 57.6 Å². The summed E-state index contributed by atoms with van der Waals surface area (Å²) >= 11 is 0. The van der Waals surface area contributed by atoms with Crippen molar-refractivity contribution in [3.8, 4) is 11.5 Å². The van der Waals surface area contributed by atoms with Gasteiger partial charge in [-0.15, -0.1) is 0 Å². The number of methoxy groups -OCH3 is 1. The Hall–Kier alpha value is -1.22. The van der Waals surface area contributed by atoms with E-state index >= 15 is 0 Å². The Morgan fingerprint density at radius 2 is 2.00 bits per heavy atom. The van der Waals surface area contributed by atoms with Crippen LogP contribution in [0.15, 0.2) is 18.2 Å². The van der Waals surface area contributed by atoms with Crippen molar-refractivity contribution in [1.82, 2.24) is 0 Å². The predicted molar refractivity (Wildman–Crippen MR) is 82.3 cm³/mol. The van der Waals surface area contributed by atoms with Crippen molar-refractivity contribution in [2.24, 2.45) is 11.7 Å². The summed E-state index contributed by atoms with van der Waals surface area (Å²) in [5.74, 6) is 2.31. The average Bonchev–Trinajstić information content (AvgIpc) is 2.48. The standard InChI is InChI=1S/C17H27NO2/c1-4-13-7-5-6-8-15(13)20-16-10-9-14(12(2)18)11-17(16)19-3/h9-13,15H,4-8,18H2,1-3H3/t12-,13?,15?/m1/s1. The lowest BCUT2D eigenvalue weighted by atomic mass is 9.85. The molecule has 1 saturated carbocycles. The smallest absolute Gasteiger partial charge is 0.161 e. The predicted octanol–water partition coefficient (Wildman–Crippen LogP) is 4.06. The highest BCUT2D eigenvalue weighted by Gasteiger charge is 2.26. The normalized spacial score (nSPS) is 24.2. The van der Waals surface area contributed by atoms with Gasteiger partial charge in [0.2, 0.25) is 0 Å². The van der Waals surface area contributed by atoms with Crippen molar-refractivity contribution >= 4 is 0 Å². The van der Waals surface area contributed by atoms with Crippen LogP contribution in [0.3, 0.4) is 0 Å². The van der Waals surface area contributed by atoms with E-state index in [2.05, 4.69) is 6.92 Å². The van der Waals surface area contributed by atoms with E-state index in [4.69, 9.17) is 15.2 Å². The summed E-state index contributed by atoms with van der Waals surface area (Å²) in [4.78, 5) is 0. The number of ether oxygens (including phenoxy) is 2. The molecule has 0 saturated heterocycles. The highest BCUT2D eigenvalue weighted by molar-refractivity contribution is 5.43. The third-order valence-electron chi connectivity index (χ3n) is 4.36. The van der Waals surface area contributed by atoms with Crippen molar-refractivity contribution in [3.63, 3.8) is 0 Å². The zero-order valence-electron chi connectivity index (χ0n) is 12.9. The van der Waals surface area contributed by atoms with Gasteiger partial charge in [-0.05, 0) is 56.2 Å². The third-order valence-corrected chi connectivity index (χ3v) is 4.36. The summed E-state index contributed by atoms with van der Waals surface area (Å²) < 4.78 is 11.7. The number of benzene rings is 1. The third kappa shape index (κ3) is 3.45. The van der Waals surface area contributed by atoms with Gasteiger partial charge in [-0.2, -0.15) is 0 Å². The quantitative estimate of drug-likeness (QED) is 0.882. The minimum Gasteiger partial charge on any atom is -0.493 e. The van der Waals surface area contributed by atoms with Gasteiger partial charge in [0.25, 0.3) is 0 Å². The second kappa shape index (κ2) is 6.98. The summed E-state index contributed by atoms with van der Waals surface area (Å²) in [6.07, 6.45) is 6.53. The van der Waals surface area contributed by atoms with Crippen LogP contribution in [0.5, 0.6) is 11.5 Å². The summed E-state index contributed by atoms with van der Waals surface area (Å²) in [5.41, 5.74) is 6.99. The maximum Gasteiger partial charge on any atom is 0.161 e. The molecular weight excluding hydrogens is 250 g/mol. The van der Waals surface area contributed by atoms with Crippen LogP contribution < -0.4 is 15.2 Å². The van der Waals surface area contributed by atoms with Crippen molar-refractivity contribution in [3.05, 3.63) is 23.8 Å². The van der Waals surface area contributed by atoms with E-state index in [-0.39, 0.29) is 6.04 Å². The van der Waals surface area contributed by atoms with Gasteiger partial charge in [0, 0.05) is 6.04 Å². The molecule has 0 aliphatic heterocycles. The molecule has 3 nitrogen and oxygen atoms in total. The van der Waals surface area contributed by atoms with Gasteiger partial charge < -0.3 is 15.2 Å². The molecule has 1 aliphatic rings. The molecule has 0 spiro atoms. The van der Waals surface area contributed by atoms with Crippen LogP contribution in [0.2, 0.25) is 0 Å². The molecular formula is C17H27NO2. The highest BCUT2D eigenvalue weighted by Crippen LogP contribution is 2.35. The van der Waals surface area contributed by atoms with E-state index in [1.54, 1.807) is 7.11 Å². The maximum absolute atomic E-state index is 6.25. The fourth-order valence-electron chi connectivity index (χ4n) is 3.02. The number of nitrogens with two attached hydrogens (primary N) is 1. The van der Waals surface area contributed by atoms with Crippen LogP contribution in [-0.4, -0.2) is 13.2 Å². The van der Waals surface area contributed by atoms with Gasteiger partial charge in [0.05, 0.1) is 7.11 Å². The molecule has 2 N–H and O–H groups in total. The molecule has 3 heteroatoms. The zero-order chi connectivity index (χ0) is 14.5. The molecule has 2 unspecified atom stereocenters. The molecule has 20 heavy (non-hydrogen) atoms. The van der Waals surface area contributed by atoms with E-state index in [0.717, 1.165) is 23.5 Å². The lowest BCUT2D eigenvalue weighted by Crippen LogP contribution is -2.30. The van der Waals surface area contributed by atoms with Crippen LogP contribution in [-0.2, 0) is 0 Å². The highest BCUT2D eigenvalue weighted by atomic mass is 16.5. The molecule has 0 aromatic heterocycles. The second-order valence-electron chi connectivity index (χ2n) is 5.81. The minimum atomic E-state index is 0.0102. The first-order valence-electron chi connectivity index (χ1n) is 7.75. The number of hydrogen-bond donors (Lipinski definition) is 1. The van der Waals surface area contributed by atoms with Crippen molar-refractivity contribution in [1.29, 1.82) is 0 Å². The summed E-state index contributed by atoms with van der Waals surface area (Å²) in [6, 6.07) is 6.03. The van der Waals surface area contributed by atoms with Gasteiger partial charge in [-0.3, -0.25) is 0 Å². The molecule has 112 valence electrons. The van der Waals surface area contributed by atoms with Gasteiger partial charge in [0.1, 0.15) is 6.10 Å². The van der Waals surface area contributed by atoms with E-state index < -0.39 is 0 Å². The van der Waals surface area contributed by atoms with Gasteiger partial charge in [-0.25, -0.2) is 0 Å². The van der Waals surface area contributed by atoms with Crippen molar-refractivity contribution < 1.29 is 9.47 Å². The van der Waals surface area contributed by atoms with Gasteiger partial charge in [0.15, 0.2) is 11.5 Å². The minimum absolute atomic E-state index is 0.0102. The first kappa shape index (κ1) is 15.2. The monoisotopic (exact) mass is 277 g/mol. The van der Waals surface area contributed by atoms with E-state index in [1.165, 1.54) is 25.7 Å². The molecule has 1 fully saturated rings. The molecule has 1 aromatic rings. The van der Waals surface area contributed by atoms with Crippen molar-refractivity contribution in [2.75, 3.05) is 7.11 Å². The Morgan fingerprint density at radius 3 is 2.65 bits per heavy atom. The van der Waals surface area contributed by atoms with Crippen LogP contribution in [0, 0.1) is 5.92 Å². The van der Waals surface area contributed by atoms with Crippen LogP contribution in [0.4, 0.5) is 0 Å². The summed E-state index contributed by atoms with van der Waals surface area (Å²) in [6.45, 7) is 4.23. The van der Waals surface area contributed by atoms with Crippen molar-refractivity contribution in [2.45, 2.75) is 58.1 Å². The van der Waals surface area contributed by atoms with E-state index in [9.17, 15) is 0 Å². The maximum atomic E-state index is 6.25. The Balaban J connectivity index is 2.15. The van der Waals surface area contributed by atoms with E-state index in [1.807, 2.05) is 25.1 Å². The second-order valence-corrected chi connectivity index (χ2v) is 5.81. The first-order valence-corrected chi connectivity index (χ1v) is 7.75. The fraction of sp³-hybridized carbons (Fsp3) is 0.647. The zero-order valence-corrected chi connectivity index (χ0v) is 12.9. The summed E-state index contributed by atoms with van der Waals surface area (Å²) in [5, 5.41) is 0. The Kier molecular flexibility index (Phi) is 5.30. The molecule has 1 aliphatic carbocycles. The topological polar surface area (TPSA) is 44.5 Å². The lowest BCUT2D eigenvalue weighted by molar-refractivity contribution is 0.0873. The average molecular weight is 277 g/mol. The largest absolute Gasteiger partial charge is 0.493 e. The van der Waals surface area contributed by atoms with E-state index in [0.29, 0.717) is 12.0 Å². The fourth-order valence-corrected chi connectivity index (χ4v) is 3.02.